The fourth-order valence-electron chi connectivity index (χ4n) is 2.60. The summed E-state index contributed by atoms with van der Waals surface area (Å²) in [6.07, 6.45) is 7.52. The van der Waals surface area contributed by atoms with Gasteiger partial charge >= 0.3 is 0 Å². The second-order valence-corrected chi connectivity index (χ2v) is 6.10. The highest BCUT2D eigenvalue weighted by molar-refractivity contribution is 5.59. The van der Waals surface area contributed by atoms with Gasteiger partial charge in [-0.25, -0.2) is 4.98 Å². The van der Waals surface area contributed by atoms with Crippen molar-refractivity contribution in [2.45, 2.75) is 19.9 Å². The molecule has 4 nitrogen and oxygen atoms in total. The van der Waals surface area contributed by atoms with E-state index in [4.69, 9.17) is 0 Å². The number of aryl methyl sites for hydroxylation is 1. The van der Waals surface area contributed by atoms with Gasteiger partial charge in [-0.2, -0.15) is 0 Å². The van der Waals surface area contributed by atoms with E-state index in [2.05, 4.69) is 70.8 Å². The molecule has 2 heterocycles. The van der Waals surface area contributed by atoms with Crippen LogP contribution in [0.5, 0.6) is 0 Å². The lowest BCUT2D eigenvalue weighted by Crippen LogP contribution is -2.16. The Morgan fingerprint density at radius 3 is 2.48 bits per heavy atom. The summed E-state index contributed by atoms with van der Waals surface area (Å²) in [6, 6.07) is 11.1. The minimum Gasteiger partial charge on any atom is -0.303 e. The van der Waals surface area contributed by atoms with E-state index >= 15 is 0 Å². The van der Waals surface area contributed by atoms with Crippen LogP contribution in [0.1, 0.15) is 24.1 Å². The van der Waals surface area contributed by atoms with Crippen molar-refractivity contribution in [2.24, 2.45) is 0 Å². The van der Waals surface area contributed by atoms with Crippen molar-refractivity contribution in [3.8, 4) is 17.1 Å². The van der Waals surface area contributed by atoms with Crippen molar-refractivity contribution in [3.63, 3.8) is 0 Å². The van der Waals surface area contributed by atoms with Gasteiger partial charge in [0.2, 0.25) is 0 Å². The van der Waals surface area contributed by atoms with Gasteiger partial charge in [-0.1, -0.05) is 24.3 Å². The predicted octanol–water partition coefficient (Wildman–Crippen LogP) is 3.87. The molecule has 0 aliphatic heterocycles. The third kappa shape index (κ3) is 3.17. The average molecular weight is 306 g/mol. The molecule has 3 rings (SSSR count). The quantitative estimate of drug-likeness (QED) is 0.734. The van der Waals surface area contributed by atoms with Crippen LogP contribution in [0, 0.1) is 6.92 Å². The summed E-state index contributed by atoms with van der Waals surface area (Å²) in [7, 11) is 4.19. The molecule has 0 spiro atoms. The Labute approximate surface area is 137 Å². The number of imidazole rings is 1. The smallest absolute Gasteiger partial charge is 0.144 e. The Kier molecular flexibility index (Phi) is 4.26. The lowest BCUT2D eigenvalue weighted by atomic mass is 10.1. The molecule has 0 bridgehead atoms. The minimum absolute atomic E-state index is 0.393. The molecule has 23 heavy (non-hydrogen) atoms. The van der Waals surface area contributed by atoms with Gasteiger partial charge < -0.3 is 4.90 Å². The van der Waals surface area contributed by atoms with Crippen LogP contribution in [-0.4, -0.2) is 33.5 Å². The lowest BCUT2D eigenvalue weighted by Gasteiger charge is -2.20. The first-order valence-corrected chi connectivity index (χ1v) is 7.78. The number of rotatable bonds is 4. The third-order valence-electron chi connectivity index (χ3n) is 4.21. The molecule has 0 fully saturated rings. The highest BCUT2D eigenvalue weighted by Gasteiger charge is 2.11. The number of benzene rings is 1. The van der Waals surface area contributed by atoms with Crippen molar-refractivity contribution >= 4 is 0 Å². The molecule has 0 N–H and O–H groups in total. The zero-order valence-corrected chi connectivity index (χ0v) is 14.1. The summed E-state index contributed by atoms with van der Waals surface area (Å²) >= 11 is 0. The molecular weight excluding hydrogens is 284 g/mol. The monoisotopic (exact) mass is 306 g/mol. The van der Waals surface area contributed by atoms with Crippen LogP contribution in [0.25, 0.3) is 17.1 Å². The molecule has 1 unspecified atom stereocenters. The molecule has 3 aromatic rings. The van der Waals surface area contributed by atoms with Crippen LogP contribution in [0.15, 0.2) is 55.1 Å². The fourth-order valence-corrected chi connectivity index (χ4v) is 2.60. The lowest BCUT2D eigenvalue weighted by molar-refractivity contribution is 0.321. The Morgan fingerprint density at radius 1 is 1.09 bits per heavy atom. The van der Waals surface area contributed by atoms with E-state index in [9.17, 15) is 0 Å². The zero-order chi connectivity index (χ0) is 16.4. The van der Waals surface area contributed by atoms with E-state index in [1.807, 2.05) is 31.7 Å². The zero-order valence-electron chi connectivity index (χ0n) is 14.1. The van der Waals surface area contributed by atoms with Gasteiger partial charge in [-0.15, -0.1) is 0 Å². The Bertz CT molecular complexity index is 787. The number of pyridine rings is 1. The maximum atomic E-state index is 4.53. The summed E-state index contributed by atoms with van der Waals surface area (Å²) < 4.78 is 2.07. The fraction of sp³-hybridized carbons (Fsp3) is 0.263. The Balaban J connectivity index is 1.96. The van der Waals surface area contributed by atoms with E-state index in [0.717, 1.165) is 22.6 Å². The number of nitrogens with zero attached hydrogens (tertiary/aromatic N) is 4. The predicted molar refractivity (Wildman–Crippen MR) is 93.6 cm³/mol. The van der Waals surface area contributed by atoms with E-state index in [0.29, 0.717) is 6.04 Å². The summed E-state index contributed by atoms with van der Waals surface area (Å²) in [5.74, 6) is 0.932. The van der Waals surface area contributed by atoms with Gasteiger partial charge in [0.05, 0.1) is 11.9 Å². The van der Waals surface area contributed by atoms with Gasteiger partial charge in [-0.05, 0) is 45.1 Å². The van der Waals surface area contributed by atoms with Crippen molar-refractivity contribution in [2.75, 3.05) is 14.1 Å². The molecular formula is C19H22N4. The van der Waals surface area contributed by atoms with Crippen molar-refractivity contribution in [1.82, 2.24) is 19.4 Å². The topological polar surface area (TPSA) is 34.0 Å². The number of aromatic nitrogens is 3. The molecule has 1 atom stereocenters. The van der Waals surface area contributed by atoms with Gasteiger partial charge in [0.15, 0.2) is 0 Å². The Hall–Kier alpha value is -2.46. The minimum atomic E-state index is 0.393. The first-order valence-electron chi connectivity index (χ1n) is 7.78. The summed E-state index contributed by atoms with van der Waals surface area (Å²) in [6.45, 7) is 4.25. The van der Waals surface area contributed by atoms with Gasteiger partial charge in [-0.3, -0.25) is 9.55 Å². The second kappa shape index (κ2) is 6.34. The molecule has 118 valence electrons. The average Bonchev–Trinajstić information content (AvgIpc) is 3.04. The Morgan fingerprint density at radius 2 is 1.83 bits per heavy atom. The van der Waals surface area contributed by atoms with E-state index in [1.54, 1.807) is 0 Å². The summed E-state index contributed by atoms with van der Waals surface area (Å²) in [5, 5.41) is 0. The highest BCUT2D eigenvalue weighted by atomic mass is 15.1. The van der Waals surface area contributed by atoms with E-state index < -0.39 is 0 Å². The molecule has 0 aliphatic carbocycles. The first-order chi connectivity index (χ1) is 11.1. The summed E-state index contributed by atoms with van der Waals surface area (Å²) in [4.78, 5) is 11.0. The van der Waals surface area contributed by atoms with Crippen LogP contribution < -0.4 is 0 Å². The summed E-state index contributed by atoms with van der Waals surface area (Å²) in [5.41, 5.74) is 4.57. The highest BCUT2D eigenvalue weighted by Crippen LogP contribution is 2.24. The maximum absolute atomic E-state index is 4.53. The van der Waals surface area contributed by atoms with Crippen LogP contribution in [0.3, 0.4) is 0 Å². The van der Waals surface area contributed by atoms with Gasteiger partial charge in [0.1, 0.15) is 5.82 Å². The van der Waals surface area contributed by atoms with E-state index in [-0.39, 0.29) is 0 Å². The molecule has 1 aromatic carbocycles. The van der Waals surface area contributed by atoms with Crippen LogP contribution in [-0.2, 0) is 0 Å². The van der Waals surface area contributed by atoms with E-state index in [1.165, 1.54) is 5.56 Å². The normalized spacial score (nSPS) is 12.6. The van der Waals surface area contributed by atoms with Crippen molar-refractivity contribution in [1.29, 1.82) is 0 Å². The standard InChI is InChI=1S/C19H22N4/c1-14-11-18(13-20-12-14)23-10-9-21-19(23)17-7-5-16(6-8-17)15(2)22(3)4/h5-13,15H,1-4H3. The van der Waals surface area contributed by atoms with Gasteiger partial charge in [0, 0.05) is 30.2 Å². The molecule has 0 radical (unpaired) electrons. The SMILES string of the molecule is Cc1cncc(-n2ccnc2-c2ccc(C(C)N(C)C)cc2)c1. The maximum Gasteiger partial charge on any atom is 0.144 e. The second-order valence-electron chi connectivity index (χ2n) is 6.10. The molecule has 2 aromatic heterocycles. The van der Waals surface area contributed by atoms with Crippen molar-refractivity contribution < 1.29 is 0 Å². The van der Waals surface area contributed by atoms with Crippen LogP contribution >= 0.6 is 0 Å². The van der Waals surface area contributed by atoms with Gasteiger partial charge in [0.25, 0.3) is 0 Å². The number of hydrogen-bond acceptors (Lipinski definition) is 3. The van der Waals surface area contributed by atoms with Crippen molar-refractivity contribution in [3.05, 3.63) is 66.2 Å². The van der Waals surface area contributed by atoms with Crippen LogP contribution in [0.2, 0.25) is 0 Å². The molecule has 0 amide bonds. The molecule has 0 saturated heterocycles. The largest absolute Gasteiger partial charge is 0.303 e. The molecule has 0 saturated carbocycles. The van der Waals surface area contributed by atoms with Crippen LogP contribution in [0.4, 0.5) is 0 Å². The third-order valence-corrected chi connectivity index (χ3v) is 4.21. The number of hydrogen-bond donors (Lipinski definition) is 0. The first kappa shape index (κ1) is 15.4. The molecule has 4 heteroatoms. The molecule has 0 aliphatic rings.